The maximum atomic E-state index is 12.4. The minimum Gasteiger partial charge on any atom is -0.394 e. The summed E-state index contributed by atoms with van der Waals surface area (Å²) in [5.74, 6) is -0.496. The van der Waals surface area contributed by atoms with E-state index in [0.717, 1.165) is 0 Å². The SMILES string of the molecule is CC(=O)Nc1nc2c(ncn2[C@@H]2O[C@H](CO)[C@@H](O)[C@]2(O)[Si](C)(C)C(C)(C)C)c(=O)[nH]1. The van der Waals surface area contributed by atoms with Gasteiger partial charge in [-0.1, -0.05) is 33.9 Å². The third-order valence-corrected chi connectivity index (χ3v) is 12.8. The number of nitrogens with one attached hydrogen (secondary N) is 2. The first kappa shape index (κ1) is 22.6. The van der Waals surface area contributed by atoms with E-state index < -0.39 is 49.8 Å². The Labute approximate surface area is 174 Å². The quantitative estimate of drug-likeness (QED) is 0.419. The highest BCUT2D eigenvalue weighted by Gasteiger charge is 2.67. The molecule has 4 atom stereocenters. The van der Waals surface area contributed by atoms with Crippen LogP contribution in [0, 0.1) is 0 Å². The van der Waals surface area contributed by atoms with Crippen molar-refractivity contribution in [2.24, 2.45) is 0 Å². The molecule has 30 heavy (non-hydrogen) atoms. The molecule has 1 saturated heterocycles. The van der Waals surface area contributed by atoms with Crippen LogP contribution in [0.2, 0.25) is 18.1 Å². The van der Waals surface area contributed by atoms with Crippen molar-refractivity contribution in [3.63, 3.8) is 0 Å². The molecular formula is C18H29N5O6Si. The standard InChI is InChI=1S/C18H29N5O6Si/c1-9(25)20-16-21-13-11(14(27)22-16)19-8-23(13)15-18(28,12(26)10(7-24)29-15)30(5,6)17(2,3)4/h8,10,12,15,24,26,28H,7H2,1-6H3,(H2,20,21,22,25,27)/t10-,12-,15-,18+/m1/s1. The number of imidazole rings is 1. The topological polar surface area (TPSA) is 163 Å². The van der Waals surface area contributed by atoms with Crippen molar-refractivity contribution in [1.82, 2.24) is 19.5 Å². The van der Waals surface area contributed by atoms with Crippen LogP contribution in [0.4, 0.5) is 5.95 Å². The highest BCUT2D eigenvalue weighted by molar-refractivity contribution is 6.83. The van der Waals surface area contributed by atoms with Crippen LogP contribution in [0.25, 0.3) is 11.2 Å². The Morgan fingerprint density at radius 2 is 2.07 bits per heavy atom. The van der Waals surface area contributed by atoms with Crippen molar-refractivity contribution in [3.8, 4) is 0 Å². The first-order chi connectivity index (χ1) is 13.8. The summed E-state index contributed by atoms with van der Waals surface area (Å²) in [5.41, 5.74) is -0.502. The first-order valence-corrected chi connectivity index (χ1v) is 12.7. The predicted octanol–water partition coefficient (Wildman–Crippen LogP) is 0.107. The lowest BCUT2D eigenvalue weighted by Crippen LogP contribution is -2.67. The fourth-order valence-electron chi connectivity index (χ4n) is 3.80. The number of fused-ring (bicyclic) bond motifs is 1. The lowest BCUT2D eigenvalue weighted by atomic mass is 10.1. The Bertz CT molecular complexity index is 1030. The maximum absolute atomic E-state index is 12.4. The lowest BCUT2D eigenvalue weighted by molar-refractivity contribution is -0.114. The molecule has 1 aliphatic rings. The summed E-state index contributed by atoms with van der Waals surface area (Å²) >= 11 is 0. The van der Waals surface area contributed by atoms with E-state index >= 15 is 0 Å². The summed E-state index contributed by atoms with van der Waals surface area (Å²) in [6, 6.07) is 0. The number of anilines is 1. The second kappa shape index (κ2) is 7.23. The average Bonchev–Trinajstić information content (AvgIpc) is 3.14. The number of amides is 1. The zero-order valence-electron chi connectivity index (χ0n) is 17.9. The summed E-state index contributed by atoms with van der Waals surface area (Å²) in [6.07, 6.45) is -2.22. The van der Waals surface area contributed by atoms with E-state index in [9.17, 15) is 24.9 Å². The van der Waals surface area contributed by atoms with E-state index in [1.807, 2.05) is 33.9 Å². The molecule has 0 aliphatic carbocycles. The number of hydrogen-bond acceptors (Lipinski definition) is 8. The Morgan fingerprint density at radius 1 is 1.43 bits per heavy atom. The number of carbonyl (C=O) groups is 1. The van der Waals surface area contributed by atoms with E-state index in [-0.39, 0.29) is 22.2 Å². The first-order valence-electron chi connectivity index (χ1n) is 9.67. The van der Waals surface area contributed by atoms with Gasteiger partial charge in [0, 0.05) is 6.92 Å². The molecule has 1 fully saturated rings. The van der Waals surface area contributed by atoms with Crippen LogP contribution in [0.3, 0.4) is 0 Å². The summed E-state index contributed by atoms with van der Waals surface area (Å²) in [7, 11) is -2.74. The molecule has 5 N–H and O–H groups in total. The number of hydrogen-bond donors (Lipinski definition) is 5. The number of H-pyrrole nitrogens is 1. The Morgan fingerprint density at radius 3 is 2.60 bits per heavy atom. The minimum atomic E-state index is -2.74. The number of aromatic nitrogens is 4. The van der Waals surface area contributed by atoms with E-state index in [1.165, 1.54) is 17.8 Å². The number of aromatic amines is 1. The van der Waals surface area contributed by atoms with Gasteiger partial charge in [0.1, 0.15) is 17.4 Å². The summed E-state index contributed by atoms with van der Waals surface area (Å²) < 4.78 is 7.29. The smallest absolute Gasteiger partial charge is 0.280 e. The molecule has 0 aromatic carbocycles. The average molecular weight is 440 g/mol. The molecule has 3 rings (SSSR count). The molecule has 1 amide bonds. The van der Waals surface area contributed by atoms with Crippen LogP contribution in [0.1, 0.15) is 33.9 Å². The van der Waals surface area contributed by atoms with Gasteiger partial charge in [-0.3, -0.25) is 24.5 Å². The molecule has 0 spiro atoms. The number of nitrogens with zero attached hydrogens (tertiary/aromatic N) is 3. The molecule has 3 heterocycles. The molecule has 2 aromatic heterocycles. The fraction of sp³-hybridized carbons (Fsp3) is 0.667. The van der Waals surface area contributed by atoms with Gasteiger partial charge in [0.15, 0.2) is 17.4 Å². The number of aliphatic hydroxyl groups is 3. The molecule has 0 saturated carbocycles. The highest BCUT2D eigenvalue weighted by atomic mass is 28.3. The summed E-state index contributed by atoms with van der Waals surface area (Å²) in [6.45, 7) is 10.6. The molecule has 0 unspecified atom stereocenters. The molecule has 2 aromatic rings. The van der Waals surface area contributed by atoms with Crippen LogP contribution in [0.15, 0.2) is 11.1 Å². The second-order valence-corrected chi connectivity index (χ2v) is 14.8. The van der Waals surface area contributed by atoms with Gasteiger partial charge in [-0.05, 0) is 5.04 Å². The van der Waals surface area contributed by atoms with E-state index in [0.29, 0.717) is 0 Å². The number of rotatable bonds is 4. The van der Waals surface area contributed by atoms with Crippen molar-refractivity contribution in [2.75, 3.05) is 11.9 Å². The highest BCUT2D eigenvalue weighted by Crippen LogP contribution is 2.53. The molecule has 166 valence electrons. The fourth-order valence-corrected chi connectivity index (χ4v) is 6.75. The lowest BCUT2D eigenvalue weighted by Gasteiger charge is -2.50. The second-order valence-electron chi connectivity index (χ2n) is 9.27. The summed E-state index contributed by atoms with van der Waals surface area (Å²) in [5, 5.41) is 33.0. The molecule has 1 aliphatic heterocycles. The van der Waals surface area contributed by atoms with Crippen molar-refractivity contribution in [2.45, 2.75) is 69.5 Å². The van der Waals surface area contributed by atoms with Crippen molar-refractivity contribution < 1.29 is 24.9 Å². The van der Waals surface area contributed by atoms with Gasteiger partial charge in [0.05, 0.1) is 21.0 Å². The van der Waals surface area contributed by atoms with Gasteiger partial charge < -0.3 is 20.1 Å². The number of aliphatic hydroxyl groups excluding tert-OH is 2. The molecule has 0 radical (unpaired) electrons. The Hall–Kier alpha value is -2.12. The third-order valence-electron chi connectivity index (χ3n) is 6.52. The largest absolute Gasteiger partial charge is 0.394 e. The Kier molecular flexibility index (Phi) is 5.44. The van der Waals surface area contributed by atoms with E-state index in [2.05, 4.69) is 20.3 Å². The van der Waals surface area contributed by atoms with Gasteiger partial charge in [0.25, 0.3) is 5.56 Å². The maximum Gasteiger partial charge on any atom is 0.280 e. The van der Waals surface area contributed by atoms with Crippen molar-refractivity contribution in [3.05, 3.63) is 16.7 Å². The van der Waals surface area contributed by atoms with Crippen molar-refractivity contribution in [1.29, 1.82) is 0 Å². The van der Waals surface area contributed by atoms with Gasteiger partial charge >= 0.3 is 0 Å². The third kappa shape index (κ3) is 3.19. The molecule has 12 heteroatoms. The number of carbonyl (C=O) groups excluding carboxylic acids is 1. The Balaban J connectivity index is 2.24. The van der Waals surface area contributed by atoms with Crippen LogP contribution in [0.5, 0.6) is 0 Å². The molecular weight excluding hydrogens is 410 g/mol. The summed E-state index contributed by atoms with van der Waals surface area (Å²) in [4.78, 5) is 34.6. The van der Waals surface area contributed by atoms with Gasteiger partial charge in [-0.25, -0.2) is 4.98 Å². The van der Waals surface area contributed by atoms with Crippen LogP contribution in [-0.2, 0) is 9.53 Å². The molecule has 11 nitrogen and oxygen atoms in total. The van der Waals surface area contributed by atoms with E-state index in [4.69, 9.17) is 4.74 Å². The van der Waals surface area contributed by atoms with Crippen LogP contribution >= 0.6 is 0 Å². The zero-order valence-corrected chi connectivity index (χ0v) is 18.9. The number of ether oxygens (including phenoxy) is 1. The predicted molar refractivity (Wildman–Crippen MR) is 112 cm³/mol. The monoisotopic (exact) mass is 439 g/mol. The van der Waals surface area contributed by atoms with Crippen LogP contribution < -0.4 is 10.9 Å². The molecule has 0 bridgehead atoms. The normalized spacial score (nSPS) is 27.6. The van der Waals surface area contributed by atoms with E-state index in [1.54, 1.807) is 0 Å². The van der Waals surface area contributed by atoms with Gasteiger partial charge in [-0.2, -0.15) is 4.98 Å². The zero-order chi connectivity index (χ0) is 22.6. The van der Waals surface area contributed by atoms with Gasteiger partial charge in [-0.15, -0.1) is 0 Å². The van der Waals surface area contributed by atoms with Crippen molar-refractivity contribution >= 4 is 31.1 Å². The van der Waals surface area contributed by atoms with Gasteiger partial charge in [0.2, 0.25) is 11.9 Å². The van der Waals surface area contributed by atoms with Crippen LogP contribution in [-0.4, -0.2) is 72.9 Å². The minimum absolute atomic E-state index is 0.00720.